The maximum atomic E-state index is 13.3. The molecule has 7 heteroatoms. The predicted octanol–water partition coefficient (Wildman–Crippen LogP) is 5.26. The number of nitrogens with one attached hydrogen (secondary N) is 1. The molecule has 0 aromatic heterocycles. The molecule has 3 aromatic rings. The Hall–Kier alpha value is -3.74. The predicted molar refractivity (Wildman–Crippen MR) is 131 cm³/mol. The number of hydrogen-bond acceptors (Lipinski definition) is 3. The first-order chi connectivity index (χ1) is 16.3. The van der Waals surface area contributed by atoms with Gasteiger partial charge in [0.15, 0.2) is 0 Å². The number of amides is 2. The summed E-state index contributed by atoms with van der Waals surface area (Å²) in [4.78, 5) is 29.3. The smallest absolute Gasteiger partial charge is 0.254 e. The zero-order chi connectivity index (χ0) is 24.7. The lowest BCUT2D eigenvalue weighted by Crippen LogP contribution is -2.32. The summed E-state index contributed by atoms with van der Waals surface area (Å²) in [6.45, 7) is 2.85. The van der Waals surface area contributed by atoms with E-state index >= 15 is 0 Å². The molecule has 0 aliphatic carbocycles. The minimum absolute atomic E-state index is 0.121. The minimum atomic E-state index is -0.391. The van der Waals surface area contributed by atoms with Crippen molar-refractivity contribution in [3.8, 4) is 0 Å². The van der Waals surface area contributed by atoms with E-state index in [1.807, 2.05) is 44.1 Å². The average molecular weight is 466 g/mol. The van der Waals surface area contributed by atoms with Gasteiger partial charge >= 0.3 is 0 Å². The average Bonchev–Trinajstić information content (AvgIpc) is 2.80. The molecule has 0 spiro atoms. The Balaban J connectivity index is 1.81. The SMILES string of the molecule is CCCN(Cc1cc(NC(=O)Cc2ccc(F)cc2)ccc1N(C)C)C(=O)c1ccc(F)cc1. The molecule has 0 heterocycles. The number of halogens is 2. The molecule has 0 saturated heterocycles. The molecule has 0 atom stereocenters. The first kappa shape index (κ1) is 24.9. The Labute approximate surface area is 199 Å². The summed E-state index contributed by atoms with van der Waals surface area (Å²) in [5, 5.41) is 2.89. The van der Waals surface area contributed by atoms with E-state index in [2.05, 4.69) is 5.32 Å². The fourth-order valence-corrected chi connectivity index (χ4v) is 3.72. The quantitative estimate of drug-likeness (QED) is 0.469. The lowest BCUT2D eigenvalue weighted by molar-refractivity contribution is -0.115. The van der Waals surface area contributed by atoms with Crippen LogP contribution in [0.4, 0.5) is 20.2 Å². The maximum Gasteiger partial charge on any atom is 0.254 e. The van der Waals surface area contributed by atoms with Crippen molar-refractivity contribution in [3.63, 3.8) is 0 Å². The first-order valence-electron chi connectivity index (χ1n) is 11.2. The van der Waals surface area contributed by atoms with Crippen LogP contribution in [0.5, 0.6) is 0 Å². The largest absolute Gasteiger partial charge is 0.377 e. The van der Waals surface area contributed by atoms with Gasteiger partial charge < -0.3 is 15.1 Å². The summed E-state index contributed by atoms with van der Waals surface area (Å²) < 4.78 is 26.4. The van der Waals surface area contributed by atoms with E-state index in [4.69, 9.17) is 0 Å². The molecular formula is C27H29F2N3O2. The van der Waals surface area contributed by atoms with Crippen molar-refractivity contribution < 1.29 is 18.4 Å². The molecule has 0 unspecified atom stereocenters. The van der Waals surface area contributed by atoms with E-state index in [0.29, 0.717) is 29.9 Å². The van der Waals surface area contributed by atoms with Gasteiger partial charge in [-0.15, -0.1) is 0 Å². The van der Waals surface area contributed by atoms with E-state index in [0.717, 1.165) is 17.7 Å². The third-order valence-corrected chi connectivity index (χ3v) is 5.36. The van der Waals surface area contributed by atoms with Gasteiger partial charge in [0.25, 0.3) is 5.91 Å². The second-order valence-electron chi connectivity index (χ2n) is 8.32. The number of carbonyl (C=O) groups excluding carboxylic acids is 2. The molecule has 0 saturated carbocycles. The van der Waals surface area contributed by atoms with Crippen molar-refractivity contribution in [1.82, 2.24) is 4.90 Å². The van der Waals surface area contributed by atoms with Crippen LogP contribution in [-0.2, 0) is 17.8 Å². The number of anilines is 2. The van der Waals surface area contributed by atoms with Gasteiger partial charge in [0, 0.05) is 44.1 Å². The van der Waals surface area contributed by atoms with Crippen molar-refractivity contribution in [2.24, 2.45) is 0 Å². The van der Waals surface area contributed by atoms with Gasteiger partial charge in [-0.2, -0.15) is 0 Å². The Bertz CT molecular complexity index is 1130. The highest BCUT2D eigenvalue weighted by Gasteiger charge is 2.18. The molecule has 0 radical (unpaired) electrons. The molecule has 178 valence electrons. The highest BCUT2D eigenvalue weighted by molar-refractivity contribution is 5.94. The molecular weight excluding hydrogens is 436 g/mol. The van der Waals surface area contributed by atoms with Crippen LogP contribution < -0.4 is 10.2 Å². The van der Waals surface area contributed by atoms with Crippen molar-refractivity contribution in [3.05, 3.63) is 95.1 Å². The highest BCUT2D eigenvalue weighted by atomic mass is 19.1. The van der Waals surface area contributed by atoms with Gasteiger partial charge in [-0.3, -0.25) is 9.59 Å². The first-order valence-corrected chi connectivity index (χ1v) is 11.2. The van der Waals surface area contributed by atoms with Gasteiger partial charge in [0.2, 0.25) is 5.91 Å². The van der Waals surface area contributed by atoms with Crippen LogP contribution in [0.3, 0.4) is 0 Å². The summed E-state index contributed by atoms with van der Waals surface area (Å²) in [6, 6.07) is 16.9. The van der Waals surface area contributed by atoms with Gasteiger partial charge in [0.1, 0.15) is 11.6 Å². The number of hydrogen-bond donors (Lipinski definition) is 1. The van der Waals surface area contributed by atoms with Crippen LogP contribution in [0.15, 0.2) is 66.7 Å². The van der Waals surface area contributed by atoms with Crippen molar-refractivity contribution in [1.29, 1.82) is 0 Å². The topological polar surface area (TPSA) is 52.7 Å². The second kappa shape index (κ2) is 11.4. The number of nitrogens with zero attached hydrogens (tertiary/aromatic N) is 2. The van der Waals surface area contributed by atoms with E-state index in [-0.39, 0.29) is 24.1 Å². The van der Waals surface area contributed by atoms with Crippen molar-refractivity contribution in [2.75, 3.05) is 30.9 Å². The van der Waals surface area contributed by atoms with Crippen LogP contribution in [0.1, 0.15) is 34.8 Å². The van der Waals surface area contributed by atoms with Crippen LogP contribution in [-0.4, -0.2) is 37.4 Å². The summed E-state index contributed by atoms with van der Waals surface area (Å²) in [6.07, 6.45) is 0.883. The summed E-state index contributed by atoms with van der Waals surface area (Å²) in [5.74, 6) is -1.14. The fraction of sp³-hybridized carbons (Fsp3) is 0.259. The highest BCUT2D eigenvalue weighted by Crippen LogP contribution is 2.25. The molecule has 34 heavy (non-hydrogen) atoms. The lowest BCUT2D eigenvalue weighted by atomic mass is 10.1. The van der Waals surface area contributed by atoms with Gasteiger partial charge in [-0.05, 0) is 72.1 Å². The number of benzene rings is 3. The van der Waals surface area contributed by atoms with Crippen LogP contribution >= 0.6 is 0 Å². The standard InChI is InChI=1S/C27H29F2N3O2/c1-4-15-32(27(34)20-7-11-23(29)12-8-20)18-21-17-24(13-14-25(21)31(2)3)30-26(33)16-19-5-9-22(28)10-6-19/h5-14,17H,4,15-16,18H2,1-3H3,(H,30,33). The molecule has 2 amide bonds. The minimum Gasteiger partial charge on any atom is -0.377 e. The molecule has 0 aliphatic heterocycles. The molecule has 0 aliphatic rings. The molecule has 0 fully saturated rings. The van der Waals surface area contributed by atoms with Gasteiger partial charge in [-0.1, -0.05) is 19.1 Å². The Morgan fingerprint density at radius 1 is 0.882 bits per heavy atom. The molecule has 3 rings (SSSR count). The van der Waals surface area contributed by atoms with Crippen molar-refractivity contribution in [2.45, 2.75) is 26.3 Å². The summed E-state index contributed by atoms with van der Waals surface area (Å²) >= 11 is 0. The monoisotopic (exact) mass is 465 g/mol. The maximum absolute atomic E-state index is 13.3. The Morgan fingerprint density at radius 3 is 2.09 bits per heavy atom. The Morgan fingerprint density at radius 2 is 1.50 bits per heavy atom. The van der Waals surface area contributed by atoms with Gasteiger partial charge in [-0.25, -0.2) is 8.78 Å². The number of rotatable bonds is 9. The third kappa shape index (κ3) is 6.63. The fourth-order valence-electron chi connectivity index (χ4n) is 3.72. The zero-order valence-electron chi connectivity index (χ0n) is 19.6. The van der Waals surface area contributed by atoms with Gasteiger partial charge in [0.05, 0.1) is 6.42 Å². The van der Waals surface area contributed by atoms with Crippen LogP contribution in [0.2, 0.25) is 0 Å². The van der Waals surface area contributed by atoms with E-state index in [1.165, 1.54) is 36.4 Å². The molecule has 5 nitrogen and oxygen atoms in total. The summed E-state index contributed by atoms with van der Waals surface area (Å²) in [7, 11) is 3.83. The summed E-state index contributed by atoms with van der Waals surface area (Å²) in [5.41, 5.74) is 3.53. The third-order valence-electron chi connectivity index (χ3n) is 5.36. The molecule has 3 aromatic carbocycles. The lowest BCUT2D eigenvalue weighted by Gasteiger charge is -2.26. The van der Waals surface area contributed by atoms with E-state index in [9.17, 15) is 18.4 Å². The molecule has 1 N–H and O–H groups in total. The molecule has 0 bridgehead atoms. The van der Waals surface area contributed by atoms with E-state index < -0.39 is 5.82 Å². The Kier molecular flexibility index (Phi) is 8.35. The number of carbonyl (C=O) groups is 2. The second-order valence-corrected chi connectivity index (χ2v) is 8.32. The van der Waals surface area contributed by atoms with Crippen LogP contribution in [0.25, 0.3) is 0 Å². The van der Waals surface area contributed by atoms with Crippen LogP contribution in [0, 0.1) is 11.6 Å². The van der Waals surface area contributed by atoms with E-state index in [1.54, 1.807) is 17.0 Å². The van der Waals surface area contributed by atoms with Crippen molar-refractivity contribution >= 4 is 23.2 Å². The zero-order valence-corrected chi connectivity index (χ0v) is 19.6. The normalized spacial score (nSPS) is 10.6.